The number of nitrogens with two attached hydrogens (primary N) is 1. The minimum Gasteiger partial charge on any atom is -0.497 e. The van der Waals surface area contributed by atoms with Gasteiger partial charge in [-0.05, 0) is 85.1 Å². The van der Waals surface area contributed by atoms with Crippen molar-refractivity contribution in [1.82, 2.24) is 9.47 Å². The Labute approximate surface area is 251 Å². The second-order valence-electron chi connectivity index (χ2n) is 10.2. The molecule has 41 heavy (non-hydrogen) atoms. The summed E-state index contributed by atoms with van der Waals surface area (Å²) in [6.45, 7) is 1.67. The number of hydrogen-bond acceptors (Lipinski definition) is 8. The third-order valence-corrected chi connectivity index (χ3v) is 10.4. The van der Waals surface area contributed by atoms with Crippen molar-refractivity contribution < 1.29 is 19.4 Å². The van der Waals surface area contributed by atoms with Gasteiger partial charge in [-0.2, -0.15) is 0 Å². The Hall–Kier alpha value is -3.41. The summed E-state index contributed by atoms with van der Waals surface area (Å²) >= 11 is 7.54. The fourth-order valence-electron chi connectivity index (χ4n) is 5.68. The predicted octanol–water partition coefficient (Wildman–Crippen LogP) is 3.53. The number of aromatic nitrogens is 1. The molecule has 1 saturated heterocycles. The molecule has 2 fully saturated rings. The Bertz CT molecular complexity index is 1690. The van der Waals surface area contributed by atoms with Gasteiger partial charge in [0.05, 0.1) is 11.6 Å². The number of carboxylic acid groups (broad SMARTS) is 1. The van der Waals surface area contributed by atoms with Gasteiger partial charge in [0.25, 0.3) is 11.5 Å². The van der Waals surface area contributed by atoms with Crippen molar-refractivity contribution in [2.75, 3.05) is 19.4 Å². The number of aliphatic carboxylic acids is 1. The lowest BCUT2D eigenvalue weighted by molar-refractivity contribution is -0.137. The number of nitrogens with zero attached hydrogens (tertiary/aromatic N) is 2. The van der Waals surface area contributed by atoms with Crippen LogP contribution in [0.5, 0.6) is 5.75 Å². The number of thioether (sulfide) groups is 1. The van der Waals surface area contributed by atoms with Gasteiger partial charge in [0.2, 0.25) is 0 Å². The Morgan fingerprint density at radius 2 is 1.95 bits per heavy atom. The highest BCUT2D eigenvalue weighted by atomic mass is 32.2. The molecule has 2 heterocycles. The van der Waals surface area contributed by atoms with Crippen LogP contribution in [0.3, 0.4) is 0 Å². The van der Waals surface area contributed by atoms with E-state index >= 15 is 0 Å². The molecule has 2 atom stereocenters. The summed E-state index contributed by atoms with van der Waals surface area (Å²) in [6.07, 6.45) is 5.96. The molecule has 1 amide bonds. The number of amides is 1. The summed E-state index contributed by atoms with van der Waals surface area (Å²) in [6, 6.07) is 14.0. The number of thiazole rings is 1. The maximum absolute atomic E-state index is 13.4. The Balaban J connectivity index is 1.53. The Kier molecular flexibility index (Phi) is 8.67. The summed E-state index contributed by atoms with van der Waals surface area (Å²) < 4.78 is 7.50. The maximum atomic E-state index is 13.4. The molecule has 1 saturated carbocycles. The van der Waals surface area contributed by atoms with Gasteiger partial charge in [0.1, 0.15) is 26.2 Å². The van der Waals surface area contributed by atoms with E-state index in [2.05, 4.69) is 12.1 Å². The van der Waals surface area contributed by atoms with Crippen LogP contribution in [0.2, 0.25) is 0 Å². The number of anilines is 1. The Morgan fingerprint density at radius 1 is 1.20 bits per heavy atom. The molecule has 2 unspecified atom stereocenters. The zero-order valence-corrected chi connectivity index (χ0v) is 25.2. The number of ether oxygens (including phenoxy) is 1. The Morgan fingerprint density at radius 3 is 2.61 bits per heavy atom. The van der Waals surface area contributed by atoms with Crippen molar-refractivity contribution in [3.63, 3.8) is 0 Å². The van der Waals surface area contributed by atoms with Crippen LogP contribution < -0.4 is 25.2 Å². The van der Waals surface area contributed by atoms with Crippen LogP contribution in [0.4, 0.5) is 5.69 Å². The summed E-state index contributed by atoms with van der Waals surface area (Å²) in [4.78, 5) is 39.7. The lowest BCUT2D eigenvalue weighted by Gasteiger charge is -2.22. The quantitative estimate of drug-likeness (QED) is 0.295. The summed E-state index contributed by atoms with van der Waals surface area (Å²) in [5, 5.41) is 9.50. The monoisotopic (exact) mass is 609 g/mol. The molecule has 1 aromatic heterocycles. The smallest absolute Gasteiger partial charge is 0.323 e. The molecule has 3 N–H and O–H groups in total. The first-order valence-electron chi connectivity index (χ1n) is 13.4. The molecule has 1 aliphatic heterocycles. The largest absolute Gasteiger partial charge is 0.497 e. The number of rotatable bonds is 8. The third kappa shape index (κ3) is 5.98. The van der Waals surface area contributed by atoms with E-state index in [-0.39, 0.29) is 16.7 Å². The second-order valence-corrected chi connectivity index (χ2v) is 12.9. The van der Waals surface area contributed by atoms with Crippen molar-refractivity contribution in [2.45, 2.75) is 45.1 Å². The van der Waals surface area contributed by atoms with Gasteiger partial charge in [0.15, 0.2) is 0 Å². The molecule has 0 radical (unpaired) electrons. The van der Waals surface area contributed by atoms with E-state index < -0.39 is 18.1 Å². The van der Waals surface area contributed by atoms with E-state index in [0.29, 0.717) is 26.0 Å². The van der Waals surface area contributed by atoms with Crippen LogP contribution in [-0.4, -0.2) is 44.4 Å². The molecule has 2 aliphatic rings. The number of methoxy groups -OCH3 is 1. The SMILES string of the molecule is CCN1C(=O)C(=c2sc(=Cc3ccc(N)c(C4CCCC4Cc4ccc(OC)cc4)c3)c(=O)n2CC(=O)O)SC1=S. The lowest BCUT2D eigenvalue weighted by Crippen LogP contribution is -2.35. The molecule has 3 aromatic rings. The van der Waals surface area contributed by atoms with Crippen LogP contribution in [0.25, 0.3) is 11.0 Å². The van der Waals surface area contributed by atoms with Gasteiger partial charge >= 0.3 is 5.97 Å². The van der Waals surface area contributed by atoms with E-state index in [4.69, 9.17) is 22.7 Å². The molecule has 0 bridgehead atoms. The van der Waals surface area contributed by atoms with Crippen LogP contribution in [0.15, 0.2) is 47.3 Å². The fourth-order valence-corrected chi connectivity index (χ4v) is 8.32. The van der Waals surface area contributed by atoms with E-state index in [0.717, 1.165) is 75.9 Å². The molecule has 5 rings (SSSR count). The van der Waals surface area contributed by atoms with Crippen LogP contribution in [-0.2, 0) is 22.6 Å². The maximum Gasteiger partial charge on any atom is 0.323 e. The number of thiocarbonyl (C=S) groups is 1. The van der Waals surface area contributed by atoms with E-state index in [1.54, 1.807) is 13.2 Å². The number of nitrogen functional groups attached to an aromatic ring is 1. The molecule has 1 aliphatic carbocycles. The first-order chi connectivity index (χ1) is 19.7. The van der Waals surface area contributed by atoms with Crippen molar-refractivity contribution >= 4 is 68.2 Å². The molecule has 8 nitrogen and oxygen atoms in total. The van der Waals surface area contributed by atoms with Crippen LogP contribution in [0.1, 0.15) is 48.8 Å². The summed E-state index contributed by atoms with van der Waals surface area (Å²) in [7, 11) is 1.66. The van der Waals surface area contributed by atoms with Crippen molar-refractivity contribution in [2.24, 2.45) is 5.92 Å². The van der Waals surface area contributed by atoms with Crippen LogP contribution in [0, 0.1) is 5.92 Å². The van der Waals surface area contributed by atoms with Gasteiger partial charge in [-0.3, -0.25) is 23.9 Å². The minimum atomic E-state index is -1.16. The normalized spacial score (nSPS) is 20.7. The van der Waals surface area contributed by atoms with Gasteiger partial charge in [-0.25, -0.2) is 0 Å². The highest BCUT2D eigenvalue weighted by Crippen LogP contribution is 2.43. The first kappa shape index (κ1) is 29.1. The zero-order chi connectivity index (χ0) is 29.3. The standard InChI is InChI=1S/C30H31N3O5S3/c1-3-32-28(37)26(41-30(32)39)29-33(16-25(34)35)27(36)24(40-29)15-18-9-12-23(31)22(14-18)21-6-4-5-19(21)13-17-7-10-20(38-2)11-8-17/h7-12,14-15,19,21H,3-6,13,16,31H2,1-2H3,(H,34,35). The molecule has 11 heteroatoms. The summed E-state index contributed by atoms with van der Waals surface area (Å²) in [5.41, 5.74) is 9.88. The lowest BCUT2D eigenvalue weighted by atomic mass is 9.83. The van der Waals surface area contributed by atoms with Gasteiger partial charge in [0, 0.05) is 12.2 Å². The first-order valence-corrected chi connectivity index (χ1v) is 15.5. The van der Waals surface area contributed by atoms with E-state index in [9.17, 15) is 19.5 Å². The molecular weight excluding hydrogens is 579 g/mol. The third-order valence-electron chi connectivity index (χ3n) is 7.68. The van der Waals surface area contributed by atoms with Crippen molar-refractivity contribution in [3.05, 3.63) is 78.7 Å². The molecule has 2 aromatic carbocycles. The average molecular weight is 610 g/mol. The average Bonchev–Trinajstić information content (AvgIpc) is 3.61. The summed E-state index contributed by atoms with van der Waals surface area (Å²) in [5.74, 6) is 0.0883. The van der Waals surface area contributed by atoms with Crippen molar-refractivity contribution in [1.29, 1.82) is 0 Å². The minimum absolute atomic E-state index is 0.283. The van der Waals surface area contributed by atoms with E-state index in [1.807, 2.05) is 37.3 Å². The van der Waals surface area contributed by atoms with Gasteiger partial charge < -0.3 is 15.6 Å². The van der Waals surface area contributed by atoms with Crippen molar-refractivity contribution in [3.8, 4) is 5.75 Å². The molecule has 214 valence electrons. The fraction of sp³-hybridized carbons (Fsp3) is 0.333. The van der Waals surface area contributed by atoms with Gasteiger partial charge in [-0.1, -0.05) is 48.6 Å². The molecule has 0 spiro atoms. The zero-order valence-electron chi connectivity index (χ0n) is 22.8. The number of benzene rings is 2. The highest BCUT2D eigenvalue weighted by molar-refractivity contribution is 8.30. The van der Waals surface area contributed by atoms with Crippen LogP contribution >= 0.6 is 35.3 Å². The second kappa shape index (κ2) is 12.2. The number of carbonyl (C=O) groups is 2. The predicted molar refractivity (Wildman–Crippen MR) is 168 cm³/mol. The number of carboxylic acids is 1. The number of hydrogen-bond donors (Lipinski definition) is 2. The molecular formula is C30H31N3O5S3. The highest BCUT2D eigenvalue weighted by Gasteiger charge is 2.33. The van der Waals surface area contributed by atoms with E-state index in [1.165, 1.54) is 10.5 Å². The van der Waals surface area contributed by atoms with Gasteiger partial charge in [-0.15, -0.1) is 11.3 Å². The topological polar surface area (TPSA) is 115 Å². The number of carbonyl (C=O) groups excluding carboxylic acids is 1.